The van der Waals surface area contributed by atoms with Crippen LogP contribution in [0.15, 0.2) is 52.4 Å². The van der Waals surface area contributed by atoms with E-state index in [-0.39, 0.29) is 23.2 Å². The number of H-pyrrole nitrogens is 1. The highest BCUT2D eigenvalue weighted by Crippen LogP contribution is 2.37. The Morgan fingerprint density at radius 1 is 1.30 bits per heavy atom. The lowest BCUT2D eigenvalue weighted by molar-refractivity contribution is 0.156. The molecule has 4 aromatic rings. The summed E-state index contributed by atoms with van der Waals surface area (Å²) >= 11 is 6.15. The van der Waals surface area contributed by atoms with E-state index in [1.165, 1.54) is 17.0 Å². The lowest BCUT2D eigenvalue weighted by Crippen LogP contribution is -2.20. The second kappa shape index (κ2) is 7.26. The first-order valence-corrected chi connectivity index (χ1v) is 11.2. The SMILES string of the molecule is CCOC(=O)n1c2ccc(Cl)cc2c2[nH]c(=O)c(S(C)(=O)=O)c(-c3cccnc3)c21. The van der Waals surface area contributed by atoms with Crippen molar-refractivity contribution < 1.29 is 17.9 Å². The predicted octanol–water partition coefficient (Wildman–Crippen LogP) is 3.61. The molecule has 0 saturated carbocycles. The molecule has 0 radical (unpaired) electrons. The van der Waals surface area contributed by atoms with Crippen molar-refractivity contribution in [2.45, 2.75) is 11.8 Å². The number of nitrogens with one attached hydrogen (secondary N) is 1. The summed E-state index contributed by atoms with van der Waals surface area (Å²) in [5.74, 6) is 0. The summed E-state index contributed by atoms with van der Waals surface area (Å²) in [6, 6.07) is 8.04. The van der Waals surface area contributed by atoms with Gasteiger partial charge in [-0.05, 0) is 31.2 Å². The van der Waals surface area contributed by atoms with Crippen molar-refractivity contribution in [2.75, 3.05) is 12.9 Å². The minimum absolute atomic E-state index is 0.0738. The molecule has 0 amide bonds. The topological polar surface area (TPSA) is 111 Å². The molecular weight excluding hydrogens is 430 g/mol. The van der Waals surface area contributed by atoms with Crippen LogP contribution < -0.4 is 5.56 Å². The molecule has 10 heteroatoms. The number of nitrogens with zero attached hydrogens (tertiary/aromatic N) is 2. The Morgan fingerprint density at radius 3 is 2.70 bits per heavy atom. The van der Waals surface area contributed by atoms with Gasteiger partial charge in [0, 0.05) is 40.2 Å². The van der Waals surface area contributed by atoms with Gasteiger partial charge in [0.2, 0.25) is 0 Å². The van der Waals surface area contributed by atoms with Crippen LogP contribution in [0.1, 0.15) is 6.92 Å². The first kappa shape index (κ1) is 20.1. The zero-order chi connectivity index (χ0) is 21.6. The number of aromatic nitrogens is 3. The Labute approximate surface area is 176 Å². The van der Waals surface area contributed by atoms with Gasteiger partial charge in [-0.2, -0.15) is 0 Å². The lowest BCUT2D eigenvalue weighted by Gasteiger charge is -2.12. The Bertz CT molecular complexity index is 1470. The molecule has 3 aromatic heterocycles. The summed E-state index contributed by atoms with van der Waals surface area (Å²) in [5.41, 5.74) is 0.528. The molecule has 0 spiro atoms. The Morgan fingerprint density at radius 2 is 2.07 bits per heavy atom. The molecule has 0 saturated heterocycles. The first-order chi connectivity index (χ1) is 14.2. The number of sulfone groups is 1. The van der Waals surface area contributed by atoms with E-state index in [0.29, 0.717) is 21.5 Å². The molecule has 3 heterocycles. The minimum atomic E-state index is -3.97. The molecule has 0 bridgehead atoms. The normalized spacial score (nSPS) is 11.8. The van der Waals surface area contributed by atoms with Crippen LogP contribution in [0.4, 0.5) is 4.79 Å². The van der Waals surface area contributed by atoms with Crippen LogP contribution >= 0.6 is 11.6 Å². The molecule has 1 N–H and O–H groups in total. The monoisotopic (exact) mass is 445 g/mol. The molecule has 154 valence electrons. The number of benzene rings is 1. The van der Waals surface area contributed by atoms with E-state index in [1.54, 1.807) is 37.3 Å². The molecule has 0 unspecified atom stereocenters. The van der Waals surface area contributed by atoms with Gasteiger partial charge in [-0.3, -0.25) is 9.78 Å². The fourth-order valence-electron chi connectivity index (χ4n) is 3.53. The summed E-state index contributed by atoms with van der Waals surface area (Å²) in [6.07, 6.45) is 3.19. The second-order valence-corrected chi connectivity index (χ2v) is 8.98. The minimum Gasteiger partial charge on any atom is -0.449 e. The molecule has 0 fully saturated rings. The quantitative estimate of drug-likeness (QED) is 0.515. The number of halogens is 1. The van der Waals surface area contributed by atoms with Gasteiger partial charge < -0.3 is 9.72 Å². The number of carbonyl (C=O) groups is 1. The largest absolute Gasteiger partial charge is 0.449 e. The van der Waals surface area contributed by atoms with Gasteiger partial charge in [-0.15, -0.1) is 0 Å². The Kier molecular flexibility index (Phi) is 4.87. The Balaban J connectivity index is 2.35. The van der Waals surface area contributed by atoms with Crippen LogP contribution in [0.3, 0.4) is 0 Å². The van der Waals surface area contributed by atoms with Gasteiger partial charge in [0.15, 0.2) is 9.84 Å². The van der Waals surface area contributed by atoms with Gasteiger partial charge in [-0.25, -0.2) is 17.8 Å². The van der Waals surface area contributed by atoms with E-state index in [1.807, 2.05) is 0 Å². The van der Waals surface area contributed by atoms with Crippen molar-refractivity contribution in [3.8, 4) is 11.1 Å². The van der Waals surface area contributed by atoms with Crippen LogP contribution in [-0.2, 0) is 14.6 Å². The number of pyridine rings is 2. The average Bonchev–Trinajstić information content (AvgIpc) is 3.00. The summed E-state index contributed by atoms with van der Waals surface area (Å²) in [6.45, 7) is 1.77. The van der Waals surface area contributed by atoms with E-state index >= 15 is 0 Å². The highest BCUT2D eigenvalue weighted by molar-refractivity contribution is 7.90. The third-order valence-electron chi connectivity index (χ3n) is 4.61. The van der Waals surface area contributed by atoms with Gasteiger partial charge >= 0.3 is 6.09 Å². The van der Waals surface area contributed by atoms with Gasteiger partial charge in [0.05, 0.1) is 23.2 Å². The fourth-order valence-corrected chi connectivity index (χ4v) is 4.67. The fraction of sp³-hybridized carbons (Fsp3) is 0.150. The average molecular weight is 446 g/mol. The van der Waals surface area contributed by atoms with Crippen molar-refractivity contribution >= 4 is 49.5 Å². The van der Waals surface area contributed by atoms with Crippen molar-refractivity contribution in [3.05, 3.63) is 58.1 Å². The molecule has 0 aliphatic carbocycles. The van der Waals surface area contributed by atoms with Crippen LogP contribution in [0.2, 0.25) is 5.02 Å². The maximum absolute atomic E-state index is 12.9. The van der Waals surface area contributed by atoms with E-state index in [9.17, 15) is 18.0 Å². The zero-order valence-electron chi connectivity index (χ0n) is 16.0. The van der Waals surface area contributed by atoms with Crippen LogP contribution in [0.5, 0.6) is 0 Å². The predicted molar refractivity (Wildman–Crippen MR) is 114 cm³/mol. The highest BCUT2D eigenvalue weighted by Gasteiger charge is 2.28. The Hall–Kier alpha value is -3.17. The molecule has 30 heavy (non-hydrogen) atoms. The van der Waals surface area contributed by atoms with Crippen LogP contribution in [-0.4, -0.2) is 41.9 Å². The number of carbonyl (C=O) groups excluding carboxylic acids is 1. The molecule has 0 aliphatic heterocycles. The van der Waals surface area contributed by atoms with Gasteiger partial charge in [-0.1, -0.05) is 17.7 Å². The van der Waals surface area contributed by atoms with Crippen molar-refractivity contribution in [2.24, 2.45) is 0 Å². The number of hydrogen-bond acceptors (Lipinski definition) is 6. The van der Waals surface area contributed by atoms with Crippen molar-refractivity contribution in [1.82, 2.24) is 14.5 Å². The standard InChI is InChI=1S/C20H16ClN3O5S/c1-3-29-20(26)24-14-7-6-12(21)9-13(14)16-17(24)15(11-5-4-8-22-10-11)18(19(25)23-16)30(2,27)28/h4-10H,3H2,1-2H3,(H,23,25). The number of ether oxygens (including phenoxy) is 1. The number of hydrogen-bond donors (Lipinski definition) is 1. The number of rotatable bonds is 3. The van der Waals surface area contributed by atoms with E-state index in [0.717, 1.165) is 6.26 Å². The third kappa shape index (κ3) is 3.16. The summed E-state index contributed by atoms with van der Waals surface area (Å²) < 4.78 is 31.6. The lowest BCUT2D eigenvalue weighted by atomic mass is 10.1. The number of fused-ring (bicyclic) bond motifs is 3. The molecule has 8 nitrogen and oxygen atoms in total. The molecular formula is C20H16ClN3O5S. The second-order valence-electron chi connectivity index (χ2n) is 6.59. The molecule has 0 aliphatic rings. The molecule has 4 rings (SSSR count). The van der Waals surface area contributed by atoms with Crippen LogP contribution in [0, 0.1) is 0 Å². The number of aromatic amines is 1. The van der Waals surface area contributed by atoms with Gasteiger partial charge in [0.25, 0.3) is 5.56 Å². The maximum atomic E-state index is 12.9. The van der Waals surface area contributed by atoms with E-state index in [2.05, 4.69) is 9.97 Å². The molecule has 1 aromatic carbocycles. The van der Waals surface area contributed by atoms with Crippen molar-refractivity contribution in [1.29, 1.82) is 0 Å². The molecule has 0 atom stereocenters. The van der Waals surface area contributed by atoms with Crippen LogP contribution in [0.25, 0.3) is 33.1 Å². The highest BCUT2D eigenvalue weighted by atomic mass is 35.5. The third-order valence-corrected chi connectivity index (χ3v) is 5.98. The maximum Gasteiger partial charge on any atom is 0.419 e. The summed E-state index contributed by atoms with van der Waals surface area (Å²) in [4.78, 5) is 32.0. The zero-order valence-corrected chi connectivity index (χ0v) is 17.5. The smallest absolute Gasteiger partial charge is 0.419 e. The first-order valence-electron chi connectivity index (χ1n) is 8.91. The van der Waals surface area contributed by atoms with E-state index in [4.69, 9.17) is 16.3 Å². The summed E-state index contributed by atoms with van der Waals surface area (Å²) in [7, 11) is -3.97. The van der Waals surface area contributed by atoms with Crippen molar-refractivity contribution in [3.63, 3.8) is 0 Å². The van der Waals surface area contributed by atoms with Gasteiger partial charge in [0.1, 0.15) is 4.90 Å². The van der Waals surface area contributed by atoms with E-state index < -0.39 is 26.4 Å². The summed E-state index contributed by atoms with van der Waals surface area (Å²) in [5, 5.41) is 0.870.